The van der Waals surface area contributed by atoms with Crippen molar-refractivity contribution in [3.05, 3.63) is 22.2 Å². The number of halogens is 5. The van der Waals surface area contributed by atoms with Crippen LogP contribution in [0.1, 0.15) is 10.4 Å². The topological polar surface area (TPSA) is 72.8 Å². The van der Waals surface area contributed by atoms with Gasteiger partial charge in [0, 0.05) is 10.0 Å². The zero-order valence-corrected chi connectivity index (χ0v) is 10.7. The van der Waals surface area contributed by atoms with Gasteiger partial charge in [-0.15, -0.1) is 0 Å². The summed E-state index contributed by atoms with van der Waals surface area (Å²) in [7, 11) is 0. The third kappa shape index (κ3) is 2.19. The van der Waals surface area contributed by atoms with Crippen LogP contribution in [0.2, 0.25) is 0 Å². The number of carbonyl (C=O) groups excluding carboxylic acids is 1. The third-order valence-electron chi connectivity index (χ3n) is 2.29. The molecule has 5 nitrogen and oxygen atoms in total. The first-order chi connectivity index (χ1) is 9.05. The molecule has 0 aromatic heterocycles. The molecule has 0 aliphatic carbocycles. The molecule has 0 atom stereocenters. The van der Waals surface area contributed by atoms with E-state index in [1.165, 1.54) is 0 Å². The molecule has 0 unspecified atom stereocenters. The predicted octanol–water partition coefficient (Wildman–Crippen LogP) is 2.67. The normalized spacial score (nSPS) is 18.4. The van der Waals surface area contributed by atoms with Gasteiger partial charge in [-0.1, -0.05) is 0 Å². The maximum atomic E-state index is 12.9. The molecule has 0 saturated carbocycles. The van der Waals surface area contributed by atoms with E-state index in [2.05, 4.69) is 25.4 Å². The van der Waals surface area contributed by atoms with E-state index >= 15 is 0 Å². The number of benzene rings is 1. The van der Waals surface area contributed by atoms with Gasteiger partial charge in [0.25, 0.3) is 5.78 Å². The molecule has 0 radical (unpaired) electrons. The number of ketones is 1. The maximum Gasteiger partial charge on any atom is 0.507 e. The van der Waals surface area contributed by atoms with Crippen molar-refractivity contribution in [1.29, 1.82) is 0 Å². The van der Waals surface area contributed by atoms with E-state index in [0.717, 1.165) is 6.07 Å². The summed E-state index contributed by atoms with van der Waals surface area (Å²) in [5, 5.41) is 8.54. The van der Waals surface area contributed by atoms with Gasteiger partial charge in [-0.3, -0.25) is 4.79 Å². The number of Topliss-reactive ketones (excluding diaryl/α,β-unsaturated/α-hetero) is 1. The smallest absolute Gasteiger partial charge is 0.475 e. The Hall–Kier alpha value is -1.84. The molecule has 0 bridgehead atoms. The summed E-state index contributed by atoms with van der Waals surface area (Å²) >= 11 is 2.76. The summed E-state index contributed by atoms with van der Waals surface area (Å²) in [4.78, 5) is 21.8. The Morgan fingerprint density at radius 3 is 1.95 bits per heavy atom. The number of fused-ring (bicyclic) bond motifs is 1. The zero-order chi connectivity index (χ0) is 15.3. The summed E-state index contributed by atoms with van der Waals surface area (Å²) < 4.78 is 59.1. The summed E-state index contributed by atoms with van der Waals surface area (Å²) in [6, 6.07) is 1.33. The monoisotopic (exact) mass is 358 g/mol. The maximum absolute atomic E-state index is 12.9. The molecule has 1 N–H and O–H groups in total. The Bertz CT molecular complexity index is 616. The molecule has 0 amide bonds. The highest BCUT2D eigenvalue weighted by atomic mass is 79.9. The largest absolute Gasteiger partial charge is 0.507 e. The molecule has 1 aromatic rings. The SMILES string of the molecule is O=C(O)C(=O)c1cc2c(cc1Br)OC(F)(F)C(F)(F)O2. The lowest BCUT2D eigenvalue weighted by Crippen LogP contribution is -2.52. The van der Waals surface area contributed by atoms with Crippen LogP contribution in [0, 0.1) is 0 Å². The van der Waals surface area contributed by atoms with Crippen LogP contribution in [0.3, 0.4) is 0 Å². The molecular weight excluding hydrogens is 356 g/mol. The number of alkyl halides is 4. The van der Waals surface area contributed by atoms with Crippen LogP contribution in [0.15, 0.2) is 16.6 Å². The van der Waals surface area contributed by atoms with Gasteiger partial charge in [0.05, 0.1) is 0 Å². The molecule has 1 heterocycles. The fraction of sp³-hybridized carbons (Fsp3) is 0.200. The molecular formula is C10H3BrF4O5. The minimum atomic E-state index is -4.95. The number of carboxylic acid groups (broad SMARTS) is 1. The highest BCUT2D eigenvalue weighted by Crippen LogP contribution is 2.48. The van der Waals surface area contributed by atoms with Crippen molar-refractivity contribution in [1.82, 2.24) is 0 Å². The van der Waals surface area contributed by atoms with Crippen molar-refractivity contribution in [2.75, 3.05) is 0 Å². The lowest BCUT2D eigenvalue weighted by atomic mass is 10.1. The Morgan fingerprint density at radius 2 is 1.50 bits per heavy atom. The summed E-state index contributed by atoms with van der Waals surface area (Å²) in [6.45, 7) is 0. The number of aliphatic carboxylic acids is 1. The Kier molecular flexibility index (Phi) is 3.16. The number of hydrogen-bond donors (Lipinski definition) is 1. The molecule has 108 valence electrons. The first kappa shape index (κ1) is 14.6. The molecule has 0 saturated heterocycles. The molecule has 10 heteroatoms. The first-order valence-electron chi connectivity index (χ1n) is 4.80. The average Bonchev–Trinajstić information content (AvgIpc) is 2.29. The predicted molar refractivity (Wildman–Crippen MR) is 57.3 cm³/mol. The number of carbonyl (C=O) groups is 2. The van der Waals surface area contributed by atoms with Crippen LogP contribution in [0.25, 0.3) is 0 Å². The van der Waals surface area contributed by atoms with Crippen molar-refractivity contribution in [3.8, 4) is 11.5 Å². The number of carboxylic acids is 1. The molecule has 0 fully saturated rings. The van der Waals surface area contributed by atoms with E-state index in [9.17, 15) is 27.2 Å². The van der Waals surface area contributed by atoms with E-state index < -0.39 is 41.0 Å². The Morgan fingerprint density at radius 1 is 1.05 bits per heavy atom. The molecule has 1 aliphatic heterocycles. The Balaban J connectivity index is 2.53. The second-order valence-corrected chi connectivity index (χ2v) is 4.51. The van der Waals surface area contributed by atoms with Crippen molar-refractivity contribution in [2.45, 2.75) is 12.2 Å². The highest BCUT2D eigenvalue weighted by molar-refractivity contribution is 9.10. The summed E-state index contributed by atoms with van der Waals surface area (Å²) in [5.74, 6) is -4.90. The number of rotatable bonds is 2. The molecule has 20 heavy (non-hydrogen) atoms. The number of hydrogen-bond acceptors (Lipinski definition) is 4. The van der Waals surface area contributed by atoms with E-state index in [1.807, 2.05) is 0 Å². The molecule has 1 aromatic carbocycles. The quantitative estimate of drug-likeness (QED) is 0.500. The second kappa shape index (κ2) is 4.33. The van der Waals surface area contributed by atoms with Crippen LogP contribution in [-0.4, -0.2) is 29.1 Å². The minimum Gasteiger partial charge on any atom is -0.475 e. The van der Waals surface area contributed by atoms with Gasteiger partial charge in [-0.2, -0.15) is 17.6 Å². The number of ether oxygens (including phenoxy) is 2. The first-order valence-corrected chi connectivity index (χ1v) is 5.59. The van der Waals surface area contributed by atoms with Gasteiger partial charge in [0.15, 0.2) is 11.5 Å². The molecule has 1 aliphatic rings. The summed E-state index contributed by atoms with van der Waals surface area (Å²) in [5.41, 5.74) is -0.541. The van der Waals surface area contributed by atoms with Crippen LogP contribution in [0.5, 0.6) is 11.5 Å². The van der Waals surface area contributed by atoms with Gasteiger partial charge in [0.1, 0.15) is 0 Å². The second-order valence-electron chi connectivity index (χ2n) is 3.65. The van der Waals surface area contributed by atoms with E-state index in [0.29, 0.717) is 6.07 Å². The lowest BCUT2D eigenvalue weighted by Gasteiger charge is -2.32. The van der Waals surface area contributed by atoms with E-state index in [1.54, 1.807) is 0 Å². The van der Waals surface area contributed by atoms with Gasteiger partial charge in [0.2, 0.25) is 0 Å². The van der Waals surface area contributed by atoms with E-state index in [-0.39, 0.29) is 4.47 Å². The van der Waals surface area contributed by atoms with Gasteiger partial charge in [-0.05, 0) is 28.1 Å². The average molecular weight is 359 g/mol. The molecule has 0 spiro atoms. The van der Waals surface area contributed by atoms with Crippen molar-refractivity contribution in [2.24, 2.45) is 0 Å². The Labute approximate surface area is 116 Å². The standard InChI is InChI=1S/C10H3BrF4O5/c11-4-2-6-5(1-3(4)7(16)8(17)18)19-9(12,13)10(14,15)20-6/h1-2H,(H,17,18). The van der Waals surface area contributed by atoms with Gasteiger partial charge < -0.3 is 14.6 Å². The highest BCUT2D eigenvalue weighted by Gasteiger charge is 2.66. The van der Waals surface area contributed by atoms with Gasteiger partial charge in [-0.25, -0.2) is 4.79 Å². The van der Waals surface area contributed by atoms with E-state index in [4.69, 9.17) is 5.11 Å². The van der Waals surface area contributed by atoms with Crippen LogP contribution < -0.4 is 9.47 Å². The third-order valence-corrected chi connectivity index (χ3v) is 2.94. The zero-order valence-electron chi connectivity index (χ0n) is 9.12. The fourth-order valence-corrected chi connectivity index (χ4v) is 1.88. The van der Waals surface area contributed by atoms with Crippen molar-refractivity contribution in [3.63, 3.8) is 0 Å². The molecule has 2 rings (SSSR count). The van der Waals surface area contributed by atoms with Crippen molar-refractivity contribution < 1.29 is 41.7 Å². The minimum absolute atomic E-state index is 0.215. The fourth-order valence-electron chi connectivity index (χ4n) is 1.38. The van der Waals surface area contributed by atoms with Crippen molar-refractivity contribution >= 4 is 27.7 Å². The lowest BCUT2D eigenvalue weighted by molar-refractivity contribution is -0.391. The van der Waals surface area contributed by atoms with Crippen LogP contribution >= 0.6 is 15.9 Å². The summed E-state index contributed by atoms with van der Waals surface area (Å²) in [6.07, 6.45) is -9.84. The van der Waals surface area contributed by atoms with Crippen LogP contribution in [-0.2, 0) is 4.79 Å². The van der Waals surface area contributed by atoms with Gasteiger partial charge >= 0.3 is 18.2 Å². The van der Waals surface area contributed by atoms with Crippen LogP contribution in [0.4, 0.5) is 17.6 Å².